The Morgan fingerprint density at radius 2 is 1.75 bits per heavy atom. The van der Waals surface area contributed by atoms with Crippen LogP contribution in [0.5, 0.6) is 5.75 Å². The fraction of sp³-hybridized carbons (Fsp3) is 0.200. The van der Waals surface area contributed by atoms with Crippen molar-refractivity contribution in [3.05, 3.63) is 75.7 Å². The summed E-state index contributed by atoms with van der Waals surface area (Å²) >= 11 is 4.48. The summed E-state index contributed by atoms with van der Waals surface area (Å²) in [7, 11) is 1.63. The number of alkyl halides is 3. The van der Waals surface area contributed by atoms with Gasteiger partial charge in [0.15, 0.2) is 0 Å². The number of aromatic nitrogens is 1. The van der Waals surface area contributed by atoms with Crippen LogP contribution in [0.15, 0.2) is 58.9 Å². The molecule has 0 unspecified atom stereocenters. The second-order valence-electron chi connectivity index (χ2n) is 6.08. The number of ether oxygens (including phenoxy) is 1. The third-order valence-corrected chi connectivity index (χ3v) is 6.10. The first-order chi connectivity index (χ1) is 13.3. The summed E-state index contributed by atoms with van der Waals surface area (Å²) in [6.45, 7) is 2.66. The molecule has 1 heterocycles. The van der Waals surface area contributed by atoms with E-state index in [9.17, 15) is 13.2 Å². The number of benzene rings is 2. The summed E-state index contributed by atoms with van der Waals surface area (Å²) in [6.07, 6.45) is -4.35. The van der Waals surface area contributed by atoms with Crippen LogP contribution in [0, 0.1) is 6.92 Å². The molecule has 0 saturated heterocycles. The Kier molecular flexibility index (Phi) is 6.23. The minimum atomic E-state index is -4.35. The molecule has 0 saturated carbocycles. The van der Waals surface area contributed by atoms with Crippen LogP contribution < -0.4 is 9.30 Å². The summed E-state index contributed by atoms with van der Waals surface area (Å²) in [6, 6.07) is 12.6. The third-order valence-electron chi connectivity index (χ3n) is 4.12. The van der Waals surface area contributed by atoms with Crippen LogP contribution in [0.25, 0.3) is 0 Å². The van der Waals surface area contributed by atoms with Gasteiger partial charge in [-0.3, -0.25) is 0 Å². The van der Waals surface area contributed by atoms with E-state index in [0.29, 0.717) is 16.8 Å². The van der Waals surface area contributed by atoms with Gasteiger partial charge in [-0.25, -0.2) is 0 Å². The molecule has 0 atom stereocenters. The van der Waals surface area contributed by atoms with E-state index >= 15 is 0 Å². The maximum absolute atomic E-state index is 12.7. The monoisotopic (exact) mass is 470 g/mol. The molecule has 0 aliphatic heterocycles. The topological polar surface area (TPSA) is 25.5 Å². The van der Waals surface area contributed by atoms with Gasteiger partial charge in [-0.1, -0.05) is 0 Å². The van der Waals surface area contributed by atoms with Crippen LogP contribution in [0.2, 0.25) is 0 Å². The van der Waals surface area contributed by atoms with E-state index in [-0.39, 0.29) is 0 Å². The summed E-state index contributed by atoms with van der Waals surface area (Å²) in [5.74, 6) is 0.796. The van der Waals surface area contributed by atoms with Crippen molar-refractivity contribution in [2.75, 3.05) is 7.11 Å². The zero-order valence-corrected chi connectivity index (χ0v) is 17.7. The van der Waals surface area contributed by atoms with Crippen molar-refractivity contribution in [3.63, 3.8) is 0 Å². The molecule has 146 valence electrons. The Bertz CT molecular complexity index is 980. The number of halogens is 3. The van der Waals surface area contributed by atoms with E-state index in [1.54, 1.807) is 7.11 Å². The molecule has 0 radical (unpaired) electrons. The molecular formula is C20H17F3N2OSSe. The first-order valence-corrected chi connectivity index (χ1v) is 10.1. The molecule has 0 N–H and O–H groups in total. The van der Waals surface area contributed by atoms with Gasteiger partial charge in [-0.15, -0.1) is 0 Å². The first-order valence-electron chi connectivity index (χ1n) is 8.32. The maximum atomic E-state index is 12.7. The average molecular weight is 469 g/mol. The molecule has 1 aromatic heterocycles. The van der Waals surface area contributed by atoms with E-state index in [4.69, 9.17) is 4.74 Å². The summed E-state index contributed by atoms with van der Waals surface area (Å²) in [5, 5.41) is 2.94. The number of methoxy groups -OCH3 is 1. The zero-order valence-electron chi connectivity index (χ0n) is 15.2. The molecule has 2 aromatic carbocycles. The standard InChI is InChI=1S/C20H17F3N2OSSe/c1-13-12-27-19(25(13)11-14-3-9-17(26-2)10-4-14)18(28)24-16-7-5-15(6-8-16)20(21,22)23/h3-10,12H,11H2,1-2H3. The zero-order chi connectivity index (χ0) is 20.3. The Labute approximate surface area is 173 Å². The molecule has 0 amide bonds. The Morgan fingerprint density at radius 3 is 2.32 bits per heavy atom. The van der Waals surface area contributed by atoms with E-state index < -0.39 is 11.7 Å². The van der Waals surface area contributed by atoms with Gasteiger partial charge in [-0.05, 0) is 0 Å². The molecule has 0 bridgehead atoms. The van der Waals surface area contributed by atoms with Gasteiger partial charge in [-0.2, -0.15) is 0 Å². The van der Waals surface area contributed by atoms with Crippen molar-refractivity contribution < 1.29 is 22.5 Å². The van der Waals surface area contributed by atoms with Crippen molar-refractivity contribution in [2.45, 2.75) is 19.6 Å². The molecule has 0 aliphatic carbocycles. The molecule has 0 aliphatic rings. The van der Waals surface area contributed by atoms with Crippen LogP contribution in [0.4, 0.5) is 18.9 Å². The normalized spacial score (nSPS) is 12.2. The summed E-state index contributed by atoms with van der Waals surface area (Å²) in [5.41, 5.74) is 1.96. The van der Waals surface area contributed by atoms with Crippen molar-refractivity contribution in [1.82, 2.24) is 0 Å². The van der Waals surface area contributed by atoms with Crippen LogP contribution in [-0.2, 0) is 12.7 Å². The van der Waals surface area contributed by atoms with Gasteiger partial charge in [0.25, 0.3) is 0 Å². The molecule has 3 nitrogen and oxygen atoms in total. The Balaban J connectivity index is 1.86. The van der Waals surface area contributed by atoms with Gasteiger partial charge >= 0.3 is 173 Å². The van der Waals surface area contributed by atoms with Crippen LogP contribution in [-0.4, -0.2) is 27.7 Å². The molecule has 0 fully saturated rings. The number of thiazole rings is 1. The molecule has 3 rings (SSSR count). The molecule has 3 aromatic rings. The SMILES string of the molecule is COc1ccc(C[n+]2c(C)csc2C([Se-])=Nc2ccc(C(F)(F)F)cc2)cc1. The summed E-state index contributed by atoms with van der Waals surface area (Å²) in [4.78, 5) is 4.46. The minimum absolute atomic E-state index is 0.462. The Hall–Kier alpha value is -2.15. The number of aryl methyl sites for hydroxylation is 1. The van der Waals surface area contributed by atoms with Crippen LogP contribution >= 0.6 is 11.3 Å². The summed E-state index contributed by atoms with van der Waals surface area (Å²) < 4.78 is 46.1. The fourth-order valence-corrected chi connectivity index (χ4v) is 4.24. The Morgan fingerprint density at radius 1 is 1.11 bits per heavy atom. The number of rotatable bonds is 5. The predicted octanol–water partition coefficient (Wildman–Crippen LogP) is 4.67. The number of aliphatic imine (C=N–C) groups is 1. The van der Waals surface area contributed by atoms with E-state index in [1.165, 1.54) is 23.5 Å². The first kappa shape index (κ1) is 20.6. The van der Waals surface area contributed by atoms with E-state index in [2.05, 4.69) is 25.6 Å². The van der Waals surface area contributed by atoms with Gasteiger partial charge < -0.3 is 0 Å². The quantitative estimate of drug-likeness (QED) is 0.303. The van der Waals surface area contributed by atoms with Crippen molar-refractivity contribution in [1.29, 1.82) is 0 Å². The molecular weight excluding hydrogens is 452 g/mol. The number of hydrogen-bond donors (Lipinski definition) is 0. The number of nitrogens with zero attached hydrogens (tertiary/aromatic N) is 2. The van der Waals surface area contributed by atoms with Crippen molar-refractivity contribution in [2.24, 2.45) is 4.99 Å². The third kappa shape index (κ3) is 4.82. The van der Waals surface area contributed by atoms with Gasteiger partial charge in [0, 0.05) is 0 Å². The molecule has 28 heavy (non-hydrogen) atoms. The second kappa shape index (κ2) is 8.47. The van der Waals surface area contributed by atoms with Gasteiger partial charge in [0.05, 0.1) is 0 Å². The van der Waals surface area contributed by atoms with Crippen LogP contribution in [0.3, 0.4) is 0 Å². The van der Waals surface area contributed by atoms with Crippen molar-refractivity contribution in [3.8, 4) is 5.75 Å². The van der Waals surface area contributed by atoms with Crippen LogP contribution in [0.1, 0.15) is 21.8 Å². The fourth-order valence-electron chi connectivity index (χ4n) is 2.59. The van der Waals surface area contributed by atoms with Gasteiger partial charge in [0.1, 0.15) is 0 Å². The van der Waals surface area contributed by atoms with E-state index in [1.807, 2.05) is 36.6 Å². The van der Waals surface area contributed by atoms with Crippen molar-refractivity contribution >= 4 is 37.6 Å². The molecule has 8 heteroatoms. The average Bonchev–Trinajstić information content (AvgIpc) is 3.02. The number of hydrogen-bond acceptors (Lipinski definition) is 3. The van der Waals surface area contributed by atoms with E-state index in [0.717, 1.165) is 34.1 Å². The van der Waals surface area contributed by atoms with Gasteiger partial charge in [0.2, 0.25) is 0 Å². The predicted molar refractivity (Wildman–Crippen MR) is 105 cm³/mol. The molecule has 0 spiro atoms. The second-order valence-corrected chi connectivity index (χ2v) is 7.75.